The summed E-state index contributed by atoms with van der Waals surface area (Å²) >= 11 is 1.36. The van der Waals surface area contributed by atoms with Gasteiger partial charge in [0.25, 0.3) is 5.91 Å². The third kappa shape index (κ3) is 3.66. The fraction of sp³-hybridized carbons (Fsp3) is 0.263. The minimum atomic E-state index is -0.288. The van der Waals surface area contributed by atoms with Crippen LogP contribution >= 0.6 is 11.3 Å². The average Bonchev–Trinajstić information content (AvgIpc) is 3.10. The maximum absolute atomic E-state index is 13.1. The number of amides is 1. The maximum Gasteiger partial charge on any atom is 0.265 e. The van der Waals surface area contributed by atoms with Gasteiger partial charge in [-0.25, -0.2) is 14.4 Å². The van der Waals surface area contributed by atoms with Crippen LogP contribution in [0.3, 0.4) is 0 Å². The lowest BCUT2D eigenvalue weighted by Crippen LogP contribution is -2.49. The molecule has 0 atom stereocenters. The number of hydrogen-bond donors (Lipinski definition) is 0. The molecule has 1 aliphatic heterocycles. The number of thiazole rings is 1. The second kappa shape index (κ2) is 7.40. The normalized spacial score (nSPS) is 14.4. The van der Waals surface area contributed by atoms with E-state index >= 15 is 0 Å². The topological polar surface area (TPSA) is 62.2 Å². The molecule has 3 heterocycles. The molecule has 0 N–H and O–H groups in total. The van der Waals surface area contributed by atoms with Gasteiger partial charge >= 0.3 is 0 Å². The van der Waals surface area contributed by atoms with Crippen LogP contribution in [0.15, 0.2) is 42.9 Å². The number of carbonyl (C=O) groups excluding carboxylic acids is 1. The summed E-state index contributed by atoms with van der Waals surface area (Å²) in [4.78, 5) is 30.5. The van der Waals surface area contributed by atoms with Crippen molar-refractivity contribution in [1.29, 1.82) is 0 Å². The summed E-state index contributed by atoms with van der Waals surface area (Å²) in [6.07, 6.45) is 5.05. The van der Waals surface area contributed by atoms with E-state index in [-0.39, 0.29) is 11.7 Å². The van der Waals surface area contributed by atoms with Gasteiger partial charge in [0.2, 0.25) is 0 Å². The first-order valence-electron chi connectivity index (χ1n) is 8.65. The Labute approximate surface area is 160 Å². The molecule has 1 aromatic carbocycles. The third-order valence-corrected chi connectivity index (χ3v) is 5.72. The molecule has 1 aliphatic rings. The van der Waals surface area contributed by atoms with Gasteiger partial charge in [-0.15, -0.1) is 11.3 Å². The quantitative estimate of drug-likeness (QED) is 0.696. The lowest BCUT2D eigenvalue weighted by atomic mass is 10.2. The van der Waals surface area contributed by atoms with Crippen LogP contribution in [0, 0.1) is 12.7 Å². The molecule has 4 rings (SSSR count). The van der Waals surface area contributed by atoms with E-state index in [9.17, 15) is 9.18 Å². The number of rotatable bonds is 3. The van der Waals surface area contributed by atoms with Crippen LogP contribution in [0.5, 0.6) is 0 Å². The van der Waals surface area contributed by atoms with E-state index in [1.807, 2.05) is 11.8 Å². The fourth-order valence-electron chi connectivity index (χ4n) is 3.05. The van der Waals surface area contributed by atoms with Crippen LogP contribution in [-0.4, -0.2) is 51.9 Å². The third-order valence-electron chi connectivity index (χ3n) is 4.52. The van der Waals surface area contributed by atoms with Gasteiger partial charge in [-0.3, -0.25) is 9.78 Å². The standard InChI is InChI=1S/C19H18FN5OS/c1-13-17(27-18(23-13)14-2-4-15(20)5-3-14)19(26)25-10-8-24(9-11-25)16-12-21-6-7-22-16/h2-7,12H,8-11H2,1H3. The SMILES string of the molecule is Cc1nc(-c2ccc(F)cc2)sc1C(=O)N1CCN(c2cnccn2)CC1. The summed E-state index contributed by atoms with van der Waals surface area (Å²) in [7, 11) is 0. The Bertz CT molecular complexity index is 936. The highest BCUT2D eigenvalue weighted by molar-refractivity contribution is 7.17. The van der Waals surface area contributed by atoms with Gasteiger partial charge in [0.1, 0.15) is 21.5 Å². The molecular weight excluding hydrogens is 365 g/mol. The van der Waals surface area contributed by atoms with Crippen LogP contribution in [0.2, 0.25) is 0 Å². The van der Waals surface area contributed by atoms with E-state index in [1.165, 1.54) is 23.5 Å². The van der Waals surface area contributed by atoms with Crippen molar-refractivity contribution in [2.75, 3.05) is 31.1 Å². The number of hydrogen-bond acceptors (Lipinski definition) is 6. The summed E-state index contributed by atoms with van der Waals surface area (Å²) in [6, 6.07) is 6.17. The zero-order valence-corrected chi connectivity index (χ0v) is 15.6. The predicted octanol–water partition coefficient (Wildman–Crippen LogP) is 3.01. The van der Waals surface area contributed by atoms with Crippen LogP contribution in [-0.2, 0) is 0 Å². The number of aromatic nitrogens is 3. The Balaban J connectivity index is 1.47. The molecule has 138 valence electrons. The smallest absolute Gasteiger partial charge is 0.265 e. The molecule has 1 amide bonds. The first-order chi connectivity index (χ1) is 13.1. The first-order valence-corrected chi connectivity index (χ1v) is 9.47. The largest absolute Gasteiger partial charge is 0.352 e. The van der Waals surface area contributed by atoms with Crippen LogP contribution < -0.4 is 4.90 Å². The fourth-order valence-corrected chi connectivity index (χ4v) is 4.09. The molecular formula is C19H18FN5OS. The molecule has 8 heteroatoms. The molecule has 0 radical (unpaired) electrons. The van der Waals surface area contributed by atoms with Gasteiger partial charge in [-0.05, 0) is 31.2 Å². The van der Waals surface area contributed by atoms with Gasteiger partial charge in [0.15, 0.2) is 0 Å². The van der Waals surface area contributed by atoms with Crippen LogP contribution in [0.25, 0.3) is 10.6 Å². The van der Waals surface area contributed by atoms with Crippen molar-refractivity contribution in [3.05, 3.63) is 59.2 Å². The zero-order valence-electron chi connectivity index (χ0n) is 14.8. The number of carbonyl (C=O) groups is 1. The van der Waals surface area contributed by atoms with E-state index in [0.29, 0.717) is 36.8 Å². The molecule has 3 aromatic rings. The molecule has 0 saturated carbocycles. The number of piperazine rings is 1. The van der Waals surface area contributed by atoms with Crippen molar-refractivity contribution in [1.82, 2.24) is 19.9 Å². The van der Waals surface area contributed by atoms with Gasteiger partial charge in [0, 0.05) is 44.1 Å². The van der Waals surface area contributed by atoms with E-state index < -0.39 is 0 Å². The summed E-state index contributed by atoms with van der Waals surface area (Å²) in [5.74, 6) is 0.540. The maximum atomic E-state index is 13.1. The van der Waals surface area contributed by atoms with Crippen LogP contribution in [0.4, 0.5) is 10.2 Å². The zero-order chi connectivity index (χ0) is 18.8. The number of nitrogens with zero attached hydrogens (tertiary/aromatic N) is 5. The monoisotopic (exact) mass is 383 g/mol. The number of benzene rings is 1. The van der Waals surface area contributed by atoms with Crippen LogP contribution in [0.1, 0.15) is 15.4 Å². The lowest BCUT2D eigenvalue weighted by Gasteiger charge is -2.35. The molecule has 6 nitrogen and oxygen atoms in total. The van der Waals surface area contributed by atoms with E-state index in [0.717, 1.165) is 16.4 Å². The Morgan fingerprint density at radius 1 is 1.11 bits per heavy atom. The minimum Gasteiger partial charge on any atom is -0.352 e. The number of halogens is 1. The van der Waals surface area contributed by atoms with Gasteiger partial charge in [-0.1, -0.05) is 0 Å². The van der Waals surface area contributed by atoms with Crippen molar-refractivity contribution in [3.8, 4) is 10.6 Å². The van der Waals surface area contributed by atoms with Crippen molar-refractivity contribution in [3.63, 3.8) is 0 Å². The molecule has 0 aliphatic carbocycles. The predicted molar refractivity (Wildman–Crippen MR) is 102 cm³/mol. The number of anilines is 1. The highest BCUT2D eigenvalue weighted by atomic mass is 32.1. The highest BCUT2D eigenvalue weighted by Crippen LogP contribution is 2.29. The Hall–Kier alpha value is -2.87. The van der Waals surface area contributed by atoms with E-state index in [2.05, 4.69) is 19.9 Å². The Kier molecular flexibility index (Phi) is 4.81. The first kappa shape index (κ1) is 17.5. The second-order valence-corrected chi connectivity index (χ2v) is 7.28. The molecule has 0 bridgehead atoms. The molecule has 2 aromatic heterocycles. The Morgan fingerprint density at radius 3 is 2.52 bits per heavy atom. The summed E-state index contributed by atoms with van der Waals surface area (Å²) in [5, 5.41) is 0.731. The second-order valence-electron chi connectivity index (χ2n) is 6.28. The molecule has 1 saturated heterocycles. The van der Waals surface area contributed by atoms with Crippen molar-refractivity contribution >= 4 is 23.1 Å². The van der Waals surface area contributed by atoms with Crippen molar-refractivity contribution in [2.24, 2.45) is 0 Å². The molecule has 0 spiro atoms. The Morgan fingerprint density at radius 2 is 1.85 bits per heavy atom. The molecule has 1 fully saturated rings. The van der Waals surface area contributed by atoms with Crippen molar-refractivity contribution < 1.29 is 9.18 Å². The highest BCUT2D eigenvalue weighted by Gasteiger charge is 2.26. The van der Waals surface area contributed by atoms with E-state index in [4.69, 9.17) is 0 Å². The van der Waals surface area contributed by atoms with E-state index in [1.54, 1.807) is 30.7 Å². The van der Waals surface area contributed by atoms with Gasteiger partial charge in [0.05, 0.1) is 11.9 Å². The molecule has 0 unspecified atom stereocenters. The summed E-state index contributed by atoms with van der Waals surface area (Å²) in [6.45, 7) is 4.52. The summed E-state index contributed by atoms with van der Waals surface area (Å²) < 4.78 is 13.1. The molecule has 27 heavy (non-hydrogen) atoms. The van der Waals surface area contributed by atoms with Gasteiger partial charge < -0.3 is 9.80 Å². The number of aryl methyl sites for hydroxylation is 1. The van der Waals surface area contributed by atoms with Gasteiger partial charge in [-0.2, -0.15) is 0 Å². The lowest BCUT2D eigenvalue weighted by molar-refractivity contribution is 0.0750. The van der Waals surface area contributed by atoms with Crippen molar-refractivity contribution in [2.45, 2.75) is 6.92 Å². The summed E-state index contributed by atoms with van der Waals surface area (Å²) in [5.41, 5.74) is 1.52. The minimum absolute atomic E-state index is 0.00263. The average molecular weight is 383 g/mol.